The SMILES string of the molecule is N#Cc1cc(Cl)ccc1NC1(CN)CCCC1. The molecule has 2 rings (SSSR count). The Morgan fingerprint density at radius 3 is 2.71 bits per heavy atom. The van der Waals surface area contributed by atoms with E-state index in [-0.39, 0.29) is 5.54 Å². The van der Waals surface area contributed by atoms with Gasteiger partial charge in [-0.1, -0.05) is 24.4 Å². The van der Waals surface area contributed by atoms with E-state index >= 15 is 0 Å². The number of rotatable bonds is 3. The predicted molar refractivity (Wildman–Crippen MR) is 70.0 cm³/mol. The maximum Gasteiger partial charge on any atom is 0.101 e. The molecular weight excluding hydrogens is 234 g/mol. The topological polar surface area (TPSA) is 61.8 Å². The van der Waals surface area contributed by atoms with Crippen LogP contribution in [-0.2, 0) is 0 Å². The highest BCUT2D eigenvalue weighted by Crippen LogP contribution is 2.33. The standard InChI is InChI=1S/C13H16ClN3/c14-11-3-4-12(10(7-11)8-15)17-13(9-16)5-1-2-6-13/h3-4,7,17H,1-2,5-6,9,16H2. The van der Waals surface area contributed by atoms with Gasteiger partial charge in [-0.15, -0.1) is 0 Å². The molecular formula is C13H16ClN3. The molecule has 0 saturated heterocycles. The molecule has 3 nitrogen and oxygen atoms in total. The van der Waals surface area contributed by atoms with Crippen molar-refractivity contribution in [3.05, 3.63) is 28.8 Å². The summed E-state index contributed by atoms with van der Waals surface area (Å²) in [7, 11) is 0. The molecule has 3 N–H and O–H groups in total. The number of hydrogen-bond acceptors (Lipinski definition) is 3. The molecule has 0 heterocycles. The Kier molecular flexibility index (Phi) is 3.56. The molecule has 0 radical (unpaired) electrons. The van der Waals surface area contributed by atoms with Gasteiger partial charge in [0.1, 0.15) is 6.07 Å². The third-order valence-corrected chi connectivity index (χ3v) is 3.69. The predicted octanol–water partition coefficient (Wildman–Crippen LogP) is 2.90. The van der Waals surface area contributed by atoms with Crippen LogP contribution in [0.25, 0.3) is 0 Å². The van der Waals surface area contributed by atoms with Crippen LogP contribution in [0.1, 0.15) is 31.2 Å². The van der Waals surface area contributed by atoms with Crippen LogP contribution in [0, 0.1) is 11.3 Å². The number of nitriles is 1. The molecule has 0 amide bonds. The fourth-order valence-corrected chi connectivity index (χ4v) is 2.61. The Morgan fingerprint density at radius 2 is 2.12 bits per heavy atom. The number of nitrogens with two attached hydrogens (primary N) is 1. The molecule has 0 spiro atoms. The van der Waals surface area contributed by atoms with Crippen LogP contribution in [-0.4, -0.2) is 12.1 Å². The van der Waals surface area contributed by atoms with Crippen LogP contribution in [0.15, 0.2) is 18.2 Å². The van der Waals surface area contributed by atoms with Crippen LogP contribution in [0.4, 0.5) is 5.69 Å². The monoisotopic (exact) mass is 249 g/mol. The minimum atomic E-state index is -0.0422. The number of anilines is 1. The van der Waals surface area contributed by atoms with Gasteiger partial charge in [0.2, 0.25) is 0 Å². The lowest BCUT2D eigenvalue weighted by Gasteiger charge is -2.30. The molecule has 0 unspecified atom stereocenters. The van der Waals surface area contributed by atoms with Gasteiger partial charge in [0, 0.05) is 17.1 Å². The largest absolute Gasteiger partial charge is 0.377 e. The van der Waals surface area contributed by atoms with Crippen LogP contribution in [0.3, 0.4) is 0 Å². The van der Waals surface area contributed by atoms with Gasteiger partial charge in [0.15, 0.2) is 0 Å². The van der Waals surface area contributed by atoms with Crippen molar-refractivity contribution in [1.82, 2.24) is 0 Å². The van der Waals surface area contributed by atoms with E-state index in [4.69, 9.17) is 22.6 Å². The molecule has 0 atom stereocenters. The van der Waals surface area contributed by atoms with Crippen molar-refractivity contribution in [2.24, 2.45) is 5.73 Å². The zero-order chi connectivity index (χ0) is 12.3. The van der Waals surface area contributed by atoms with E-state index in [1.54, 1.807) is 12.1 Å². The first kappa shape index (κ1) is 12.2. The first-order chi connectivity index (χ1) is 8.19. The van der Waals surface area contributed by atoms with E-state index in [1.807, 2.05) is 6.07 Å². The van der Waals surface area contributed by atoms with Crippen molar-refractivity contribution in [2.45, 2.75) is 31.2 Å². The van der Waals surface area contributed by atoms with Gasteiger partial charge in [0.05, 0.1) is 11.3 Å². The summed E-state index contributed by atoms with van der Waals surface area (Å²) in [5, 5.41) is 13.1. The van der Waals surface area contributed by atoms with Gasteiger partial charge in [-0.2, -0.15) is 5.26 Å². The molecule has 1 aromatic carbocycles. The third kappa shape index (κ3) is 2.54. The number of nitrogens with one attached hydrogen (secondary N) is 1. The van der Waals surface area contributed by atoms with E-state index < -0.39 is 0 Å². The summed E-state index contributed by atoms with van der Waals surface area (Å²) < 4.78 is 0. The Bertz CT molecular complexity index is 444. The average molecular weight is 250 g/mol. The second-order valence-electron chi connectivity index (χ2n) is 4.62. The maximum absolute atomic E-state index is 9.09. The molecule has 4 heteroatoms. The Labute approximate surface area is 107 Å². The van der Waals surface area contributed by atoms with Gasteiger partial charge < -0.3 is 11.1 Å². The summed E-state index contributed by atoms with van der Waals surface area (Å²) in [6.45, 7) is 0.598. The number of nitrogens with zero attached hydrogens (tertiary/aromatic N) is 1. The van der Waals surface area contributed by atoms with Gasteiger partial charge in [-0.25, -0.2) is 0 Å². The minimum Gasteiger partial charge on any atom is -0.377 e. The van der Waals surface area contributed by atoms with Crippen molar-refractivity contribution in [1.29, 1.82) is 5.26 Å². The smallest absolute Gasteiger partial charge is 0.101 e. The summed E-state index contributed by atoms with van der Waals surface area (Å²) in [6.07, 6.45) is 4.52. The summed E-state index contributed by atoms with van der Waals surface area (Å²) in [6, 6.07) is 7.50. The second kappa shape index (κ2) is 4.95. The normalized spacial score (nSPS) is 17.7. The molecule has 17 heavy (non-hydrogen) atoms. The highest BCUT2D eigenvalue weighted by atomic mass is 35.5. The average Bonchev–Trinajstić information content (AvgIpc) is 2.81. The molecule has 0 bridgehead atoms. The molecule has 1 aliphatic carbocycles. The van der Waals surface area contributed by atoms with Crippen LogP contribution in [0.2, 0.25) is 5.02 Å². The Hall–Kier alpha value is -1.24. The molecule has 1 aromatic rings. The number of hydrogen-bond donors (Lipinski definition) is 2. The highest BCUT2D eigenvalue weighted by molar-refractivity contribution is 6.30. The van der Waals surface area contributed by atoms with Crippen molar-refractivity contribution in [3.8, 4) is 6.07 Å². The fraction of sp³-hybridized carbons (Fsp3) is 0.462. The van der Waals surface area contributed by atoms with E-state index in [9.17, 15) is 0 Å². The van der Waals surface area contributed by atoms with Crippen LogP contribution < -0.4 is 11.1 Å². The molecule has 0 aromatic heterocycles. The fourth-order valence-electron chi connectivity index (χ4n) is 2.44. The maximum atomic E-state index is 9.09. The van der Waals surface area contributed by atoms with Crippen molar-refractivity contribution in [3.63, 3.8) is 0 Å². The Balaban J connectivity index is 2.26. The molecule has 1 fully saturated rings. The lowest BCUT2D eigenvalue weighted by atomic mass is 9.96. The van der Waals surface area contributed by atoms with E-state index in [0.29, 0.717) is 17.1 Å². The van der Waals surface area contributed by atoms with Crippen LogP contribution >= 0.6 is 11.6 Å². The number of halogens is 1. The zero-order valence-corrected chi connectivity index (χ0v) is 10.4. The third-order valence-electron chi connectivity index (χ3n) is 3.45. The quantitative estimate of drug-likeness (QED) is 0.866. The molecule has 90 valence electrons. The zero-order valence-electron chi connectivity index (χ0n) is 9.67. The van der Waals surface area contributed by atoms with E-state index in [2.05, 4.69) is 11.4 Å². The highest BCUT2D eigenvalue weighted by Gasteiger charge is 2.32. The van der Waals surface area contributed by atoms with Gasteiger partial charge in [-0.05, 0) is 31.0 Å². The van der Waals surface area contributed by atoms with Crippen molar-refractivity contribution in [2.75, 3.05) is 11.9 Å². The minimum absolute atomic E-state index is 0.0422. The summed E-state index contributed by atoms with van der Waals surface area (Å²) in [4.78, 5) is 0. The van der Waals surface area contributed by atoms with Crippen molar-refractivity contribution >= 4 is 17.3 Å². The lowest BCUT2D eigenvalue weighted by Crippen LogP contribution is -2.42. The lowest BCUT2D eigenvalue weighted by molar-refractivity contribution is 0.493. The molecule has 0 aliphatic heterocycles. The molecule has 1 aliphatic rings. The van der Waals surface area contributed by atoms with Crippen molar-refractivity contribution < 1.29 is 0 Å². The summed E-state index contributed by atoms with van der Waals surface area (Å²) in [5.41, 5.74) is 7.24. The summed E-state index contributed by atoms with van der Waals surface area (Å²) in [5.74, 6) is 0. The molecule has 1 saturated carbocycles. The second-order valence-corrected chi connectivity index (χ2v) is 5.05. The van der Waals surface area contributed by atoms with Crippen LogP contribution in [0.5, 0.6) is 0 Å². The first-order valence-corrected chi connectivity index (χ1v) is 6.25. The first-order valence-electron chi connectivity index (χ1n) is 5.87. The summed E-state index contributed by atoms with van der Waals surface area (Å²) >= 11 is 5.88. The van der Waals surface area contributed by atoms with E-state index in [1.165, 1.54) is 12.8 Å². The van der Waals surface area contributed by atoms with Gasteiger partial charge >= 0.3 is 0 Å². The van der Waals surface area contributed by atoms with E-state index in [0.717, 1.165) is 18.5 Å². The van der Waals surface area contributed by atoms with Gasteiger partial charge in [-0.3, -0.25) is 0 Å². The Morgan fingerprint density at radius 1 is 1.41 bits per heavy atom. The number of benzene rings is 1. The van der Waals surface area contributed by atoms with Gasteiger partial charge in [0.25, 0.3) is 0 Å².